The fourth-order valence-electron chi connectivity index (χ4n) is 3.40. The lowest BCUT2D eigenvalue weighted by Crippen LogP contribution is -2.43. The molecule has 0 atom stereocenters. The number of amides is 1. The Morgan fingerprint density at radius 1 is 1.30 bits per heavy atom. The monoisotopic (exact) mass is 368 g/mol. The Kier molecular flexibility index (Phi) is 4.10. The van der Waals surface area contributed by atoms with Crippen LogP contribution in [-0.2, 0) is 7.05 Å². The average Bonchev–Trinajstić information content (AvgIpc) is 2.62. The number of carbonyl (C=O) groups is 1. The number of aromatic amines is 1. The third-order valence-electron chi connectivity index (χ3n) is 5.01. The fraction of sp³-hybridized carbons (Fsp3) is 0.263. The number of hydrogen-bond donors (Lipinski definition) is 2. The van der Waals surface area contributed by atoms with E-state index in [4.69, 9.17) is 0 Å². The summed E-state index contributed by atoms with van der Waals surface area (Å²) in [5.41, 5.74) is 0.261. The van der Waals surface area contributed by atoms with Gasteiger partial charge >= 0.3 is 5.69 Å². The third-order valence-corrected chi connectivity index (χ3v) is 5.01. The second-order valence-corrected chi connectivity index (χ2v) is 6.81. The molecule has 2 heterocycles. The number of halogens is 1. The summed E-state index contributed by atoms with van der Waals surface area (Å²) >= 11 is 0. The molecule has 1 aromatic carbocycles. The van der Waals surface area contributed by atoms with Crippen LogP contribution in [0.5, 0.6) is 0 Å². The van der Waals surface area contributed by atoms with Crippen molar-refractivity contribution in [1.29, 1.82) is 0 Å². The maximum Gasteiger partial charge on any atom is 0.329 e. The minimum atomic E-state index is -0.579. The molecule has 0 aliphatic heterocycles. The molecule has 4 rings (SSSR count). The van der Waals surface area contributed by atoms with Crippen LogP contribution in [0.1, 0.15) is 34.7 Å². The average molecular weight is 368 g/mol. The van der Waals surface area contributed by atoms with Gasteiger partial charge < -0.3 is 5.32 Å². The van der Waals surface area contributed by atoms with Gasteiger partial charge in [0, 0.05) is 19.3 Å². The first-order chi connectivity index (χ1) is 12.9. The normalized spacial score (nSPS) is 18.9. The van der Waals surface area contributed by atoms with Crippen molar-refractivity contribution < 1.29 is 9.18 Å². The Bertz CT molecular complexity index is 1160. The molecule has 3 aromatic rings. The standard InChI is InChI=1S/C19H17FN4O3/c1-24-16-15(18(26)23-19(24)27)8-12(9-21-16)17(25)22-14-6-11(7-14)10-3-2-4-13(20)5-10/h2-5,8-9,11,14H,6-7H2,1H3,(H,22,25)(H,23,26,27). The van der Waals surface area contributed by atoms with Crippen molar-refractivity contribution >= 4 is 16.9 Å². The number of aryl methyl sites for hydroxylation is 1. The molecule has 2 aromatic heterocycles. The van der Waals surface area contributed by atoms with Gasteiger partial charge in [0.1, 0.15) is 11.5 Å². The molecule has 138 valence electrons. The van der Waals surface area contributed by atoms with Crippen molar-refractivity contribution in [2.75, 3.05) is 0 Å². The van der Waals surface area contributed by atoms with E-state index in [1.54, 1.807) is 6.07 Å². The van der Waals surface area contributed by atoms with E-state index in [-0.39, 0.29) is 40.3 Å². The van der Waals surface area contributed by atoms with Gasteiger partial charge in [0.25, 0.3) is 11.5 Å². The molecule has 1 amide bonds. The summed E-state index contributed by atoms with van der Waals surface area (Å²) in [6.07, 6.45) is 2.80. The van der Waals surface area contributed by atoms with E-state index in [2.05, 4.69) is 15.3 Å². The zero-order valence-corrected chi connectivity index (χ0v) is 14.5. The van der Waals surface area contributed by atoms with E-state index < -0.39 is 11.2 Å². The van der Waals surface area contributed by atoms with Gasteiger partial charge in [-0.2, -0.15) is 0 Å². The molecule has 2 N–H and O–H groups in total. The Labute approximate surface area is 152 Å². The predicted molar refractivity (Wildman–Crippen MR) is 97.2 cm³/mol. The van der Waals surface area contributed by atoms with Crippen LogP contribution in [0.4, 0.5) is 4.39 Å². The van der Waals surface area contributed by atoms with Gasteiger partial charge in [0.15, 0.2) is 0 Å². The second kappa shape index (κ2) is 6.46. The van der Waals surface area contributed by atoms with E-state index in [0.717, 1.165) is 18.4 Å². The van der Waals surface area contributed by atoms with Crippen LogP contribution in [0.2, 0.25) is 0 Å². The molecular formula is C19H17FN4O3. The highest BCUT2D eigenvalue weighted by atomic mass is 19.1. The highest BCUT2D eigenvalue weighted by Gasteiger charge is 2.31. The zero-order chi connectivity index (χ0) is 19.1. The Hall–Kier alpha value is -3.29. The molecule has 0 spiro atoms. The van der Waals surface area contributed by atoms with Gasteiger partial charge in [-0.05, 0) is 42.5 Å². The molecule has 0 radical (unpaired) electrons. The van der Waals surface area contributed by atoms with Crippen LogP contribution in [0.3, 0.4) is 0 Å². The van der Waals surface area contributed by atoms with Gasteiger partial charge in [0.2, 0.25) is 0 Å². The van der Waals surface area contributed by atoms with Crippen LogP contribution in [0.25, 0.3) is 11.0 Å². The summed E-state index contributed by atoms with van der Waals surface area (Å²) in [6, 6.07) is 7.91. The smallest absolute Gasteiger partial charge is 0.329 e. The van der Waals surface area contributed by atoms with Crippen LogP contribution in [-0.4, -0.2) is 26.5 Å². The molecule has 0 bridgehead atoms. The highest BCUT2D eigenvalue weighted by Crippen LogP contribution is 2.37. The van der Waals surface area contributed by atoms with Crippen molar-refractivity contribution in [1.82, 2.24) is 19.9 Å². The van der Waals surface area contributed by atoms with Crippen molar-refractivity contribution in [3.63, 3.8) is 0 Å². The number of H-pyrrole nitrogens is 1. The lowest BCUT2D eigenvalue weighted by atomic mass is 9.76. The number of hydrogen-bond acceptors (Lipinski definition) is 4. The quantitative estimate of drug-likeness (QED) is 0.731. The number of carbonyl (C=O) groups excluding carboxylic acids is 1. The van der Waals surface area contributed by atoms with Crippen molar-refractivity contribution in [2.24, 2.45) is 7.05 Å². The number of aromatic nitrogens is 3. The van der Waals surface area contributed by atoms with Crippen LogP contribution < -0.4 is 16.6 Å². The summed E-state index contributed by atoms with van der Waals surface area (Å²) in [7, 11) is 1.49. The van der Waals surface area contributed by atoms with Crippen LogP contribution in [0.15, 0.2) is 46.1 Å². The minimum Gasteiger partial charge on any atom is -0.349 e. The van der Waals surface area contributed by atoms with Gasteiger partial charge in [-0.15, -0.1) is 0 Å². The third kappa shape index (κ3) is 3.14. The van der Waals surface area contributed by atoms with Crippen molar-refractivity contribution in [3.05, 3.63) is 74.3 Å². The molecule has 27 heavy (non-hydrogen) atoms. The number of fused-ring (bicyclic) bond motifs is 1. The Morgan fingerprint density at radius 3 is 2.81 bits per heavy atom. The van der Waals surface area contributed by atoms with Gasteiger partial charge in [-0.1, -0.05) is 12.1 Å². The second-order valence-electron chi connectivity index (χ2n) is 6.81. The summed E-state index contributed by atoms with van der Waals surface area (Å²) < 4.78 is 14.5. The number of nitrogens with zero attached hydrogens (tertiary/aromatic N) is 2. The SMILES string of the molecule is Cn1c(=O)[nH]c(=O)c2cc(C(=O)NC3CC(c4cccc(F)c4)C3)cnc21. The van der Waals surface area contributed by atoms with E-state index in [1.165, 1.54) is 36.0 Å². The first kappa shape index (κ1) is 17.1. The summed E-state index contributed by atoms with van der Waals surface area (Å²) in [6.45, 7) is 0. The molecule has 1 aliphatic carbocycles. The Balaban J connectivity index is 1.48. The van der Waals surface area contributed by atoms with Gasteiger partial charge in [-0.25, -0.2) is 14.2 Å². The van der Waals surface area contributed by atoms with Gasteiger partial charge in [-0.3, -0.25) is 19.1 Å². The first-order valence-corrected chi connectivity index (χ1v) is 8.58. The van der Waals surface area contributed by atoms with E-state index in [9.17, 15) is 18.8 Å². The summed E-state index contributed by atoms with van der Waals surface area (Å²) in [5, 5.41) is 3.08. The number of nitrogens with one attached hydrogen (secondary N) is 2. The number of pyridine rings is 1. The predicted octanol–water partition coefficient (Wildman–Crippen LogP) is 1.44. The van der Waals surface area contributed by atoms with Gasteiger partial charge in [0.05, 0.1) is 10.9 Å². The van der Waals surface area contributed by atoms with Crippen molar-refractivity contribution in [3.8, 4) is 0 Å². The first-order valence-electron chi connectivity index (χ1n) is 8.58. The molecule has 1 fully saturated rings. The number of benzene rings is 1. The lowest BCUT2D eigenvalue weighted by molar-refractivity contribution is 0.0908. The lowest BCUT2D eigenvalue weighted by Gasteiger charge is -2.36. The molecule has 1 saturated carbocycles. The number of rotatable bonds is 3. The van der Waals surface area contributed by atoms with Crippen LogP contribution >= 0.6 is 0 Å². The molecule has 0 saturated heterocycles. The fourth-order valence-corrected chi connectivity index (χ4v) is 3.40. The molecule has 0 unspecified atom stereocenters. The van der Waals surface area contributed by atoms with Crippen molar-refractivity contribution in [2.45, 2.75) is 24.8 Å². The molecule has 7 nitrogen and oxygen atoms in total. The maximum absolute atomic E-state index is 13.3. The minimum absolute atomic E-state index is 0.0140. The molecule has 8 heteroatoms. The van der Waals surface area contributed by atoms with E-state index in [1.807, 2.05) is 6.07 Å². The topological polar surface area (TPSA) is 96.9 Å². The van der Waals surface area contributed by atoms with Crippen LogP contribution in [0, 0.1) is 5.82 Å². The summed E-state index contributed by atoms with van der Waals surface area (Å²) in [4.78, 5) is 42.3. The largest absolute Gasteiger partial charge is 0.349 e. The molecule has 1 aliphatic rings. The molecular weight excluding hydrogens is 351 g/mol. The maximum atomic E-state index is 13.3. The van der Waals surface area contributed by atoms with E-state index in [0.29, 0.717) is 0 Å². The van der Waals surface area contributed by atoms with E-state index >= 15 is 0 Å². The Morgan fingerprint density at radius 2 is 2.07 bits per heavy atom. The summed E-state index contributed by atoms with van der Waals surface area (Å²) in [5.74, 6) is -0.375. The zero-order valence-electron chi connectivity index (χ0n) is 14.5. The highest BCUT2D eigenvalue weighted by molar-refractivity contribution is 5.96.